The normalized spacial score (nSPS) is 14.2. The molecule has 1 aromatic heterocycles. The van der Waals surface area contributed by atoms with Gasteiger partial charge in [0.1, 0.15) is 5.82 Å². The number of hydrogen-bond donors (Lipinski definition) is 1. The quantitative estimate of drug-likeness (QED) is 0.869. The minimum absolute atomic E-state index is 0.238. The van der Waals surface area contributed by atoms with Gasteiger partial charge in [-0.2, -0.15) is 13.2 Å². The molecule has 98 valence electrons. The predicted octanol–water partition coefficient (Wildman–Crippen LogP) is 3.27. The van der Waals surface area contributed by atoms with Gasteiger partial charge in [0.2, 0.25) is 0 Å². The molecule has 1 aromatic carbocycles. The van der Waals surface area contributed by atoms with Gasteiger partial charge < -0.3 is 10.3 Å². The lowest BCUT2D eigenvalue weighted by molar-refractivity contribution is -0.137. The van der Waals surface area contributed by atoms with Crippen LogP contribution in [0.3, 0.4) is 0 Å². The number of nitrogens with zero attached hydrogens (tertiary/aromatic N) is 2. The first-order chi connectivity index (χ1) is 8.21. The van der Waals surface area contributed by atoms with Gasteiger partial charge in [-0.15, -0.1) is 0 Å². The molecule has 0 bridgehead atoms. The van der Waals surface area contributed by atoms with E-state index in [9.17, 15) is 13.2 Å². The Morgan fingerprint density at radius 3 is 2.50 bits per heavy atom. The first-order valence-electron chi connectivity index (χ1n) is 5.20. The maximum absolute atomic E-state index is 12.7. The van der Waals surface area contributed by atoms with Gasteiger partial charge in [-0.05, 0) is 19.1 Å². The fourth-order valence-electron chi connectivity index (χ4n) is 1.86. The molecule has 7 heteroatoms. The highest BCUT2D eigenvalue weighted by molar-refractivity contribution is 6.32. The second-order valence-electron chi connectivity index (χ2n) is 4.14. The van der Waals surface area contributed by atoms with Crippen molar-refractivity contribution in [3.63, 3.8) is 0 Å². The smallest absolute Gasteiger partial charge is 0.330 e. The molecule has 3 nitrogen and oxygen atoms in total. The summed E-state index contributed by atoms with van der Waals surface area (Å²) in [5, 5.41) is -0.339. The van der Waals surface area contributed by atoms with Crippen LogP contribution in [0.15, 0.2) is 12.1 Å². The van der Waals surface area contributed by atoms with Gasteiger partial charge in [0.15, 0.2) is 0 Å². The summed E-state index contributed by atoms with van der Waals surface area (Å²) < 4.78 is 39.7. The van der Waals surface area contributed by atoms with Crippen molar-refractivity contribution in [3.8, 4) is 0 Å². The van der Waals surface area contributed by atoms with Crippen molar-refractivity contribution in [1.82, 2.24) is 9.55 Å². The van der Waals surface area contributed by atoms with Crippen molar-refractivity contribution in [2.24, 2.45) is 12.8 Å². The summed E-state index contributed by atoms with van der Waals surface area (Å²) in [5.74, 6) is 0.514. The average Bonchev–Trinajstić information content (AvgIpc) is 2.54. The summed E-state index contributed by atoms with van der Waals surface area (Å²) in [6.07, 6.45) is -4.49. The van der Waals surface area contributed by atoms with E-state index < -0.39 is 11.7 Å². The third kappa shape index (κ3) is 2.06. The molecule has 1 heterocycles. The van der Waals surface area contributed by atoms with Gasteiger partial charge in [-0.25, -0.2) is 4.98 Å². The Hall–Kier alpha value is -1.27. The number of halogens is 4. The summed E-state index contributed by atoms with van der Waals surface area (Å²) in [7, 11) is 1.69. The number of aryl methyl sites for hydroxylation is 1. The molecule has 0 saturated carbocycles. The average molecular weight is 278 g/mol. The first kappa shape index (κ1) is 13.2. The fourth-order valence-corrected chi connectivity index (χ4v) is 2.12. The summed E-state index contributed by atoms with van der Waals surface area (Å²) in [5.41, 5.74) is 5.58. The Morgan fingerprint density at radius 2 is 2.00 bits per heavy atom. The van der Waals surface area contributed by atoms with Crippen LogP contribution >= 0.6 is 11.6 Å². The maximum Gasteiger partial charge on any atom is 0.417 e. The monoisotopic (exact) mass is 277 g/mol. The van der Waals surface area contributed by atoms with Gasteiger partial charge in [0.25, 0.3) is 0 Å². The van der Waals surface area contributed by atoms with Crippen LogP contribution in [0.25, 0.3) is 11.0 Å². The molecule has 0 radical (unpaired) electrons. The number of alkyl halides is 3. The largest absolute Gasteiger partial charge is 0.417 e. The molecule has 0 saturated heterocycles. The fraction of sp³-hybridized carbons (Fsp3) is 0.364. The van der Waals surface area contributed by atoms with E-state index in [0.29, 0.717) is 11.3 Å². The van der Waals surface area contributed by atoms with Gasteiger partial charge >= 0.3 is 6.18 Å². The molecule has 18 heavy (non-hydrogen) atoms. The van der Waals surface area contributed by atoms with Crippen LogP contribution in [0.2, 0.25) is 5.02 Å². The van der Waals surface area contributed by atoms with Crippen molar-refractivity contribution < 1.29 is 13.2 Å². The van der Waals surface area contributed by atoms with Crippen LogP contribution < -0.4 is 5.73 Å². The van der Waals surface area contributed by atoms with E-state index in [4.69, 9.17) is 17.3 Å². The summed E-state index contributed by atoms with van der Waals surface area (Å²) in [6.45, 7) is 1.72. The molecule has 2 rings (SSSR count). The van der Waals surface area contributed by atoms with Crippen LogP contribution in [0.4, 0.5) is 13.2 Å². The molecule has 0 spiro atoms. The Kier molecular flexibility index (Phi) is 3.03. The van der Waals surface area contributed by atoms with Crippen LogP contribution in [0.1, 0.15) is 24.4 Å². The molecule has 0 aliphatic rings. The molecule has 1 atom stereocenters. The number of fused-ring (bicyclic) bond motifs is 1. The van der Waals surface area contributed by atoms with E-state index >= 15 is 0 Å². The number of aromatic nitrogens is 2. The van der Waals surface area contributed by atoms with E-state index in [1.54, 1.807) is 18.5 Å². The first-order valence-corrected chi connectivity index (χ1v) is 5.58. The van der Waals surface area contributed by atoms with E-state index in [2.05, 4.69) is 4.98 Å². The zero-order valence-electron chi connectivity index (χ0n) is 9.72. The van der Waals surface area contributed by atoms with Crippen molar-refractivity contribution in [1.29, 1.82) is 0 Å². The van der Waals surface area contributed by atoms with Crippen LogP contribution in [-0.4, -0.2) is 9.55 Å². The van der Waals surface area contributed by atoms with Crippen LogP contribution in [0.5, 0.6) is 0 Å². The highest BCUT2D eigenvalue weighted by Crippen LogP contribution is 2.37. The van der Waals surface area contributed by atoms with E-state index in [1.807, 2.05) is 0 Å². The SMILES string of the molecule is CC(N)c1nc2cc(C(F)(F)F)c(Cl)cc2n1C. The minimum atomic E-state index is -4.49. The van der Waals surface area contributed by atoms with E-state index in [-0.39, 0.29) is 16.6 Å². The number of nitrogens with two attached hydrogens (primary N) is 1. The Labute approximate surface area is 106 Å². The summed E-state index contributed by atoms with van der Waals surface area (Å²) >= 11 is 5.66. The molecule has 1 unspecified atom stereocenters. The molecular weight excluding hydrogens is 267 g/mol. The highest BCUT2D eigenvalue weighted by Gasteiger charge is 2.34. The lowest BCUT2D eigenvalue weighted by Gasteiger charge is -2.09. The number of hydrogen-bond acceptors (Lipinski definition) is 2. The molecular formula is C11H11ClF3N3. The second-order valence-corrected chi connectivity index (χ2v) is 4.54. The van der Waals surface area contributed by atoms with Crippen LogP contribution in [0, 0.1) is 0 Å². The lowest BCUT2D eigenvalue weighted by Crippen LogP contribution is -2.11. The van der Waals surface area contributed by atoms with Crippen molar-refractivity contribution in [3.05, 3.63) is 28.5 Å². The molecule has 0 aliphatic heterocycles. The zero-order valence-corrected chi connectivity index (χ0v) is 10.5. The third-order valence-corrected chi connectivity index (χ3v) is 3.03. The lowest BCUT2D eigenvalue weighted by atomic mass is 10.2. The van der Waals surface area contributed by atoms with Crippen LogP contribution in [-0.2, 0) is 13.2 Å². The second kappa shape index (κ2) is 4.13. The van der Waals surface area contributed by atoms with Crippen molar-refractivity contribution >= 4 is 22.6 Å². The summed E-state index contributed by atoms with van der Waals surface area (Å²) in [6, 6.07) is 1.85. The Morgan fingerprint density at radius 1 is 1.39 bits per heavy atom. The Bertz CT molecular complexity index is 602. The molecule has 2 N–H and O–H groups in total. The molecule has 0 aliphatic carbocycles. The van der Waals surface area contributed by atoms with E-state index in [1.165, 1.54) is 6.07 Å². The summed E-state index contributed by atoms with van der Waals surface area (Å²) in [4.78, 5) is 4.11. The zero-order chi connectivity index (χ0) is 13.7. The maximum atomic E-state index is 12.7. The van der Waals surface area contributed by atoms with Crippen molar-refractivity contribution in [2.75, 3.05) is 0 Å². The van der Waals surface area contributed by atoms with Crippen molar-refractivity contribution in [2.45, 2.75) is 19.1 Å². The van der Waals surface area contributed by atoms with Gasteiger partial charge in [0.05, 0.1) is 27.7 Å². The van der Waals surface area contributed by atoms with Gasteiger partial charge in [-0.1, -0.05) is 11.6 Å². The Balaban J connectivity index is 2.73. The third-order valence-electron chi connectivity index (χ3n) is 2.72. The van der Waals surface area contributed by atoms with Gasteiger partial charge in [0, 0.05) is 7.05 Å². The highest BCUT2D eigenvalue weighted by atomic mass is 35.5. The molecule has 0 fully saturated rings. The van der Waals surface area contributed by atoms with E-state index in [0.717, 1.165) is 6.07 Å². The number of rotatable bonds is 1. The minimum Gasteiger partial charge on any atom is -0.330 e. The number of benzene rings is 1. The standard InChI is InChI=1S/C11H11ClF3N3/c1-5(16)10-17-8-3-6(11(13,14)15)7(12)4-9(8)18(10)2/h3-5H,16H2,1-2H3. The predicted molar refractivity (Wildman–Crippen MR) is 63.3 cm³/mol. The molecule has 0 amide bonds. The topological polar surface area (TPSA) is 43.8 Å². The van der Waals surface area contributed by atoms with Gasteiger partial charge in [-0.3, -0.25) is 0 Å². The number of imidazole rings is 1. The molecule has 2 aromatic rings.